The summed E-state index contributed by atoms with van der Waals surface area (Å²) >= 11 is 3.95. The van der Waals surface area contributed by atoms with Gasteiger partial charge in [-0.1, -0.05) is 60.2 Å². The van der Waals surface area contributed by atoms with Crippen LogP contribution in [0.5, 0.6) is 0 Å². The monoisotopic (exact) mass is 349 g/mol. The summed E-state index contributed by atoms with van der Waals surface area (Å²) in [7, 11) is 1.87. The number of benzene rings is 1. The van der Waals surface area contributed by atoms with E-state index in [9.17, 15) is 4.79 Å². The highest BCUT2D eigenvalue weighted by Gasteiger charge is 2.27. The van der Waals surface area contributed by atoms with E-state index in [4.69, 9.17) is 0 Å². The van der Waals surface area contributed by atoms with Crippen molar-refractivity contribution in [2.75, 3.05) is 11.9 Å². The number of hydrogen-bond acceptors (Lipinski definition) is 1. The van der Waals surface area contributed by atoms with Gasteiger partial charge in [-0.2, -0.15) is 0 Å². The molecule has 3 heteroatoms. The minimum absolute atomic E-state index is 0.208. The number of nitrogens with zero attached hydrogens (tertiary/aromatic N) is 1. The van der Waals surface area contributed by atoms with Crippen molar-refractivity contribution in [1.29, 1.82) is 0 Å². The van der Waals surface area contributed by atoms with Gasteiger partial charge in [0.25, 0.3) is 0 Å². The maximum atomic E-state index is 11.8. The lowest BCUT2D eigenvalue weighted by molar-refractivity contribution is -0.117. The predicted octanol–water partition coefficient (Wildman–Crippen LogP) is 5.00. The molecule has 0 radical (unpaired) electrons. The number of hydrogen-bond donors (Lipinski definition) is 0. The van der Waals surface area contributed by atoms with Gasteiger partial charge in [-0.25, -0.2) is 0 Å². The fourth-order valence-corrected chi connectivity index (χ4v) is 4.53. The molecule has 3 rings (SSSR count). The molecule has 1 aromatic rings. The largest absolute Gasteiger partial charge is 0.315 e. The van der Waals surface area contributed by atoms with Crippen LogP contribution in [0.4, 0.5) is 5.69 Å². The van der Waals surface area contributed by atoms with E-state index in [1.54, 1.807) is 4.90 Å². The van der Waals surface area contributed by atoms with E-state index >= 15 is 0 Å². The number of carbonyl (C=O) groups excluding carboxylic acids is 1. The molecule has 0 aromatic heterocycles. The Balaban J connectivity index is 1.77. The molecule has 1 atom stereocenters. The highest BCUT2D eigenvalue weighted by atomic mass is 79.9. The smallest absolute Gasteiger partial charge is 0.231 e. The Morgan fingerprint density at radius 1 is 1.14 bits per heavy atom. The van der Waals surface area contributed by atoms with Crippen molar-refractivity contribution < 1.29 is 4.79 Å². The number of rotatable bonds is 2. The second kappa shape index (κ2) is 6.51. The summed E-state index contributed by atoms with van der Waals surface area (Å²) in [6.07, 6.45) is 10.1. The third kappa shape index (κ3) is 3.18. The van der Waals surface area contributed by atoms with Crippen molar-refractivity contribution in [2.45, 2.75) is 56.2 Å². The van der Waals surface area contributed by atoms with Crippen molar-refractivity contribution in [3.8, 4) is 0 Å². The van der Waals surface area contributed by atoms with Crippen LogP contribution in [-0.4, -0.2) is 13.0 Å². The first-order valence-electron chi connectivity index (χ1n) is 8.20. The number of carbonyl (C=O) groups is 1. The van der Waals surface area contributed by atoms with Gasteiger partial charge in [-0.05, 0) is 36.0 Å². The van der Waals surface area contributed by atoms with E-state index in [-0.39, 0.29) is 5.91 Å². The second-order valence-corrected chi connectivity index (χ2v) is 7.51. The zero-order valence-electron chi connectivity index (χ0n) is 12.8. The Labute approximate surface area is 136 Å². The highest BCUT2D eigenvalue weighted by molar-refractivity contribution is 9.09. The molecule has 1 aliphatic heterocycles. The van der Waals surface area contributed by atoms with Crippen molar-refractivity contribution in [3.05, 3.63) is 29.3 Å². The topological polar surface area (TPSA) is 20.3 Å². The van der Waals surface area contributed by atoms with Crippen LogP contribution in [-0.2, 0) is 11.2 Å². The number of likely N-dealkylation sites (N-methyl/N-ethyl adjacent to an activating group) is 1. The molecule has 0 N–H and O–H groups in total. The van der Waals surface area contributed by atoms with Crippen LogP contribution in [0.25, 0.3) is 0 Å². The van der Waals surface area contributed by atoms with Crippen LogP contribution in [0.2, 0.25) is 0 Å². The third-order valence-corrected chi connectivity index (χ3v) is 6.34. The summed E-state index contributed by atoms with van der Waals surface area (Å²) < 4.78 is 0. The molecule has 2 nitrogen and oxygen atoms in total. The summed E-state index contributed by atoms with van der Waals surface area (Å²) in [5.41, 5.74) is 3.62. The average molecular weight is 350 g/mol. The summed E-state index contributed by atoms with van der Waals surface area (Å²) in [5, 5.41) is 0. The summed E-state index contributed by atoms with van der Waals surface area (Å²) in [5.74, 6) is 0.942. The van der Waals surface area contributed by atoms with E-state index in [1.807, 2.05) is 7.05 Å². The van der Waals surface area contributed by atoms with Gasteiger partial charge in [0.15, 0.2) is 0 Å². The maximum Gasteiger partial charge on any atom is 0.231 e. The zero-order chi connectivity index (χ0) is 14.8. The Bertz CT molecular complexity index is 520. The molecule has 0 bridgehead atoms. The number of alkyl halides is 1. The molecule has 1 unspecified atom stereocenters. The second-order valence-electron chi connectivity index (χ2n) is 6.52. The van der Waals surface area contributed by atoms with E-state index in [1.165, 1.54) is 56.1 Å². The lowest BCUT2D eigenvalue weighted by atomic mass is 9.86. The molecule has 1 amide bonds. The molecule has 1 heterocycles. The van der Waals surface area contributed by atoms with Gasteiger partial charge < -0.3 is 4.90 Å². The van der Waals surface area contributed by atoms with Crippen LogP contribution in [0, 0.1) is 5.92 Å². The number of fused-ring (bicyclic) bond motifs is 1. The fourth-order valence-electron chi connectivity index (χ4n) is 3.71. The van der Waals surface area contributed by atoms with Crippen molar-refractivity contribution in [1.82, 2.24) is 0 Å². The third-order valence-electron chi connectivity index (χ3n) is 5.06. The molecule has 1 aromatic carbocycles. The van der Waals surface area contributed by atoms with Gasteiger partial charge >= 0.3 is 0 Å². The van der Waals surface area contributed by atoms with Gasteiger partial charge in [-0.3, -0.25) is 4.79 Å². The molecule has 114 valence electrons. The molecule has 0 spiro atoms. The lowest BCUT2D eigenvalue weighted by Gasteiger charge is -2.25. The van der Waals surface area contributed by atoms with Crippen LogP contribution in [0.1, 0.15) is 60.9 Å². The highest BCUT2D eigenvalue weighted by Crippen LogP contribution is 2.40. The minimum atomic E-state index is 0.208. The molecule has 1 saturated carbocycles. The van der Waals surface area contributed by atoms with Gasteiger partial charge in [0.2, 0.25) is 5.91 Å². The van der Waals surface area contributed by atoms with Crippen molar-refractivity contribution in [2.24, 2.45) is 5.92 Å². The standard InChI is InChI=1S/C18H24BrNO/c1-20-16-10-9-14(11-15(16)12-17(20)21)18(19)13-7-5-3-2-4-6-8-13/h9-11,13,18H,2-8,12H2,1H3. The lowest BCUT2D eigenvalue weighted by Crippen LogP contribution is -2.20. The van der Waals surface area contributed by atoms with E-state index in [0.717, 1.165) is 11.6 Å². The summed E-state index contributed by atoms with van der Waals surface area (Å²) in [6.45, 7) is 0. The maximum absolute atomic E-state index is 11.8. The quantitative estimate of drug-likeness (QED) is 0.687. The van der Waals surface area contributed by atoms with Crippen LogP contribution < -0.4 is 4.90 Å². The van der Waals surface area contributed by atoms with Crippen molar-refractivity contribution >= 4 is 27.5 Å². The SMILES string of the molecule is CN1C(=O)Cc2cc(C(Br)C3CCCCCCC3)ccc21. The molecule has 1 fully saturated rings. The van der Waals surface area contributed by atoms with E-state index in [0.29, 0.717) is 11.2 Å². The van der Waals surface area contributed by atoms with Crippen LogP contribution in [0.3, 0.4) is 0 Å². The molecule has 21 heavy (non-hydrogen) atoms. The normalized spacial score (nSPS) is 21.8. The molecule has 0 saturated heterocycles. The van der Waals surface area contributed by atoms with Gasteiger partial charge in [0, 0.05) is 17.6 Å². The first-order valence-corrected chi connectivity index (χ1v) is 9.12. The number of anilines is 1. The summed E-state index contributed by atoms with van der Waals surface area (Å²) in [4.78, 5) is 14.0. The molecule has 1 aliphatic carbocycles. The summed E-state index contributed by atoms with van der Waals surface area (Å²) in [6, 6.07) is 6.56. The van der Waals surface area contributed by atoms with Gasteiger partial charge in [-0.15, -0.1) is 0 Å². The Hall–Kier alpha value is -0.830. The zero-order valence-corrected chi connectivity index (χ0v) is 14.4. The van der Waals surface area contributed by atoms with Crippen LogP contribution >= 0.6 is 15.9 Å². The fraction of sp³-hybridized carbons (Fsp3) is 0.611. The Morgan fingerprint density at radius 3 is 2.52 bits per heavy atom. The Kier molecular flexibility index (Phi) is 4.68. The van der Waals surface area contributed by atoms with Crippen molar-refractivity contribution in [3.63, 3.8) is 0 Å². The Morgan fingerprint density at radius 2 is 1.81 bits per heavy atom. The number of halogens is 1. The minimum Gasteiger partial charge on any atom is -0.315 e. The van der Waals surface area contributed by atoms with Crippen LogP contribution in [0.15, 0.2) is 18.2 Å². The molecular formula is C18H24BrNO. The first kappa shape index (κ1) is 15.1. The molecular weight excluding hydrogens is 326 g/mol. The van der Waals surface area contributed by atoms with Gasteiger partial charge in [0.1, 0.15) is 0 Å². The average Bonchev–Trinajstić information content (AvgIpc) is 2.73. The van der Waals surface area contributed by atoms with Gasteiger partial charge in [0.05, 0.1) is 6.42 Å². The molecule has 2 aliphatic rings. The van der Waals surface area contributed by atoms with E-state index in [2.05, 4.69) is 34.1 Å². The first-order chi connectivity index (χ1) is 10.2. The number of amides is 1. The predicted molar refractivity (Wildman–Crippen MR) is 91.0 cm³/mol. The van der Waals surface area contributed by atoms with E-state index < -0.39 is 0 Å².